The Morgan fingerprint density at radius 1 is 1.20 bits per heavy atom. The Kier molecular flexibility index (Phi) is 2.74. The Morgan fingerprint density at radius 3 is 2.73 bits per heavy atom. The lowest BCUT2D eigenvalue weighted by molar-refractivity contribution is 0.323. The molecule has 2 aromatic carbocycles. The molecular formula is C14H16N. The van der Waals surface area contributed by atoms with Gasteiger partial charge in [0.1, 0.15) is 0 Å². The van der Waals surface area contributed by atoms with Crippen LogP contribution < -0.4 is 0 Å². The lowest BCUT2D eigenvalue weighted by Gasteiger charge is -2.21. The molecule has 0 amide bonds. The minimum absolute atomic E-state index is 0.435. The number of hydrogen-bond acceptors (Lipinski definition) is 1. The summed E-state index contributed by atoms with van der Waals surface area (Å²) in [6.07, 6.45) is 0. The van der Waals surface area contributed by atoms with Crippen LogP contribution in [0.4, 0.5) is 0 Å². The van der Waals surface area contributed by atoms with E-state index in [1.165, 1.54) is 16.3 Å². The smallest absolute Gasteiger partial charge is 0.0319 e. The van der Waals surface area contributed by atoms with Crippen LogP contribution in [-0.4, -0.2) is 19.0 Å². The normalized spacial score (nSPS) is 13.3. The zero-order chi connectivity index (χ0) is 10.8. The summed E-state index contributed by atoms with van der Waals surface area (Å²) in [7, 11) is 4.21. The molecule has 1 unspecified atom stereocenters. The molecule has 1 heteroatoms. The molecule has 0 aliphatic heterocycles. The number of benzene rings is 2. The van der Waals surface area contributed by atoms with E-state index in [1.807, 2.05) is 6.07 Å². The molecule has 0 N–H and O–H groups in total. The van der Waals surface area contributed by atoms with Crippen LogP contribution in [0.5, 0.6) is 0 Å². The maximum absolute atomic E-state index is 3.15. The van der Waals surface area contributed by atoms with Gasteiger partial charge in [-0.25, -0.2) is 0 Å². The predicted octanol–water partition coefficient (Wildman–Crippen LogP) is 3.26. The molecule has 0 saturated heterocycles. The highest BCUT2D eigenvalue weighted by atomic mass is 15.1. The van der Waals surface area contributed by atoms with Crippen LogP contribution in [0.1, 0.15) is 18.5 Å². The molecule has 1 atom stereocenters. The Morgan fingerprint density at radius 2 is 2.00 bits per heavy atom. The monoisotopic (exact) mass is 198 g/mol. The zero-order valence-corrected chi connectivity index (χ0v) is 9.49. The largest absolute Gasteiger partial charge is 0.303 e. The van der Waals surface area contributed by atoms with Crippen LogP contribution in [0.2, 0.25) is 0 Å². The lowest BCUT2D eigenvalue weighted by Crippen LogP contribution is -2.16. The number of rotatable bonds is 2. The summed E-state index contributed by atoms with van der Waals surface area (Å²) < 4.78 is 0. The summed E-state index contributed by atoms with van der Waals surface area (Å²) in [5, 5.41) is 2.60. The summed E-state index contributed by atoms with van der Waals surface area (Å²) in [4.78, 5) is 2.22. The molecule has 77 valence electrons. The Balaban J connectivity index is 2.60. The van der Waals surface area contributed by atoms with E-state index in [0.717, 1.165) is 0 Å². The van der Waals surface area contributed by atoms with Gasteiger partial charge >= 0.3 is 0 Å². The molecule has 1 radical (unpaired) electrons. The van der Waals surface area contributed by atoms with Crippen LogP contribution in [0, 0.1) is 6.07 Å². The fourth-order valence-electron chi connectivity index (χ4n) is 1.83. The SMILES string of the molecule is CC(c1cccc2cc[c]cc12)N(C)C. The van der Waals surface area contributed by atoms with E-state index < -0.39 is 0 Å². The average molecular weight is 198 g/mol. The van der Waals surface area contributed by atoms with Crippen molar-refractivity contribution in [3.8, 4) is 0 Å². The second-order valence-corrected chi connectivity index (χ2v) is 4.13. The average Bonchev–Trinajstić information content (AvgIpc) is 2.27. The van der Waals surface area contributed by atoms with E-state index in [9.17, 15) is 0 Å². The van der Waals surface area contributed by atoms with Gasteiger partial charge in [0.05, 0.1) is 0 Å². The molecular weight excluding hydrogens is 182 g/mol. The Labute approximate surface area is 91.3 Å². The Hall–Kier alpha value is -1.34. The molecule has 0 aliphatic carbocycles. The van der Waals surface area contributed by atoms with Crippen molar-refractivity contribution in [3.05, 3.63) is 48.0 Å². The van der Waals surface area contributed by atoms with Gasteiger partial charge in [-0.3, -0.25) is 0 Å². The van der Waals surface area contributed by atoms with Crippen molar-refractivity contribution in [1.82, 2.24) is 4.90 Å². The molecule has 0 aromatic heterocycles. The van der Waals surface area contributed by atoms with Gasteiger partial charge in [-0.1, -0.05) is 30.3 Å². The summed E-state index contributed by atoms with van der Waals surface area (Å²) in [5.74, 6) is 0. The summed E-state index contributed by atoms with van der Waals surface area (Å²) >= 11 is 0. The molecule has 2 aromatic rings. The molecule has 0 aliphatic rings. The van der Waals surface area contributed by atoms with Crippen molar-refractivity contribution in [1.29, 1.82) is 0 Å². The van der Waals surface area contributed by atoms with Crippen molar-refractivity contribution in [2.75, 3.05) is 14.1 Å². The molecule has 0 spiro atoms. The molecule has 2 rings (SSSR count). The fourth-order valence-corrected chi connectivity index (χ4v) is 1.83. The van der Waals surface area contributed by atoms with E-state index in [-0.39, 0.29) is 0 Å². The van der Waals surface area contributed by atoms with E-state index in [0.29, 0.717) is 6.04 Å². The van der Waals surface area contributed by atoms with Gasteiger partial charge < -0.3 is 4.90 Å². The highest BCUT2D eigenvalue weighted by Crippen LogP contribution is 2.26. The van der Waals surface area contributed by atoms with Crippen LogP contribution in [0.25, 0.3) is 10.8 Å². The third-order valence-electron chi connectivity index (χ3n) is 2.99. The van der Waals surface area contributed by atoms with Gasteiger partial charge in [0, 0.05) is 6.04 Å². The first-order valence-corrected chi connectivity index (χ1v) is 5.25. The highest BCUT2D eigenvalue weighted by molar-refractivity contribution is 5.85. The topological polar surface area (TPSA) is 3.24 Å². The number of hydrogen-bond donors (Lipinski definition) is 0. The summed E-state index contributed by atoms with van der Waals surface area (Å²) in [5.41, 5.74) is 1.37. The molecule has 0 saturated carbocycles. The first kappa shape index (κ1) is 10.2. The van der Waals surface area contributed by atoms with Crippen molar-refractivity contribution in [2.45, 2.75) is 13.0 Å². The number of nitrogens with zero attached hydrogens (tertiary/aromatic N) is 1. The quantitative estimate of drug-likeness (QED) is 0.716. The molecule has 0 bridgehead atoms. The maximum atomic E-state index is 3.15. The van der Waals surface area contributed by atoms with Gasteiger partial charge in [-0.2, -0.15) is 0 Å². The third-order valence-corrected chi connectivity index (χ3v) is 2.99. The Bertz CT molecular complexity index is 454. The fraction of sp³-hybridized carbons (Fsp3) is 0.286. The van der Waals surface area contributed by atoms with Crippen LogP contribution >= 0.6 is 0 Å². The molecule has 0 fully saturated rings. The first-order valence-electron chi connectivity index (χ1n) is 5.25. The van der Waals surface area contributed by atoms with E-state index in [2.05, 4.69) is 62.3 Å². The van der Waals surface area contributed by atoms with Gasteiger partial charge in [-0.15, -0.1) is 0 Å². The second kappa shape index (κ2) is 4.03. The minimum Gasteiger partial charge on any atom is -0.303 e. The number of fused-ring (bicyclic) bond motifs is 1. The van der Waals surface area contributed by atoms with Crippen molar-refractivity contribution >= 4 is 10.8 Å². The summed E-state index contributed by atoms with van der Waals surface area (Å²) in [6, 6.07) is 16.2. The van der Waals surface area contributed by atoms with Crippen molar-refractivity contribution < 1.29 is 0 Å². The van der Waals surface area contributed by atoms with E-state index >= 15 is 0 Å². The van der Waals surface area contributed by atoms with Gasteiger partial charge in [-0.05, 0) is 49.5 Å². The minimum atomic E-state index is 0.435. The molecule has 0 heterocycles. The lowest BCUT2D eigenvalue weighted by atomic mass is 9.99. The van der Waals surface area contributed by atoms with Crippen LogP contribution in [0.15, 0.2) is 36.4 Å². The third kappa shape index (κ3) is 1.88. The van der Waals surface area contributed by atoms with Gasteiger partial charge in [0.15, 0.2) is 0 Å². The molecule has 1 nitrogen and oxygen atoms in total. The summed E-state index contributed by atoms with van der Waals surface area (Å²) in [6.45, 7) is 2.22. The zero-order valence-electron chi connectivity index (χ0n) is 9.49. The highest BCUT2D eigenvalue weighted by Gasteiger charge is 2.10. The van der Waals surface area contributed by atoms with Gasteiger partial charge in [0.2, 0.25) is 0 Å². The van der Waals surface area contributed by atoms with Crippen molar-refractivity contribution in [2.24, 2.45) is 0 Å². The van der Waals surface area contributed by atoms with Crippen LogP contribution in [0.3, 0.4) is 0 Å². The molecule has 15 heavy (non-hydrogen) atoms. The predicted molar refractivity (Wildman–Crippen MR) is 64.9 cm³/mol. The second-order valence-electron chi connectivity index (χ2n) is 4.13. The van der Waals surface area contributed by atoms with Crippen LogP contribution in [-0.2, 0) is 0 Å². The van der Waals surface area contributed by atoms with Crippen molar-refractivity contribution in [3.63, 3.8) is 0 Å². The standard InChI is InChI=1S/C14H16N/c1-11(15(2)3)13-10-6-8-12-7-4-5-9-14(12)13/h4,6-11H,1-3H3. The van der Waals surface area contributed by atoms with E-state index in [4.69, 9.17) is 0 Å². The maximum Gasteiger partial charge on any atom is 0.0319 e. The van der Waals surface area contributed by atoms with Gasteiger partial charge in [0.25, 0.3) is 0 Å². The first-order chi connectivity index (χ1) is 7.20. The van der Waals surface area contributed by atoms with E-state index in [1.54, 1.807) is 0 Å².